The molecule has 0 aliphatic carbocycles. The molecule has 1 aromatic carbocycles. The molecule has 114 valence electrons. The van der Waals surface area contributed by atoms with Crippen molar-refractivity contribution in [3.8, 4) is 0 Å². The van der Waals surface area contributed by atoms with E-state index in [2.05, 4.69) is 13.8 Å². The molecule has 0 fully saturated rings. The third kappa shape index (κ3) is 7.47. The third-order valence-corrected chi connectivity index (χ3v) is 3.31. The Morgan fingerprint density at radius 2 is 1.90 bits per heavy atom. The second-order valence-electron chi connectivity index (χ2n) is 5.16. The zero-order chi connectivity index (χ0) is 15.4. The summed E-state index contributed by atoms with van der Waals surface area (Å²) < 4.78 is 13.9. The number of halogens is 1. The molecule has 0 saturated carbocycles. The Balaban J connectivity index is 0.00000172. The lowest BCUT2D eigenvalue weighted by Crippen LogP contribution is -2.02. The van der Waals surface area contributed by atoms with Gasteiger partial charge in [0.15, 0.2) is 0 Å². The summed E-state index contributed by atoms with van der Waals surface area (Å²) in [6, 6.07) is 5.56. The van der Waals surface area contributed by atoms with Crippen LogP contribution in [0.4, 0.5) is 4.39 Å². The molecular formula is C19H31F. The van der Waals surface area contributed by atoms with E-state index >= 15 is 0 Å². The summed E-state index contributed by atoms with van der Waals surface area (Å²) >= 11 is 0. The van der Waals surface area contributed by atoms with Gasteiger partial charge in [-0.05, 0) is 36.5 Å². The van der Waals surface area contributed by atoms with Crippen LogP contribution in [0.3, 0.4) is 0 Å². The Morgan fingerprint density at radius 3 is 2.45 bits per heavy atom. The fraction of sp³-hybridized carbons (Fsp3) is 0.579. The molecule has 0 N–H and O–H groups in total. The van der Waals surface area contributed by atoms with Crippen molar-refractivity contribution in [1.29, 1.82) is 0 Å². The molecule has 0 nitrogen and oxygen atoms in total. The highest BCUT2D eigenvalue weighted by molar-refractivity contribution is 5.49. The highest BCUT2D eigenvalue weighted by atomic mass is 19.1. The SMILES string of the molecule is C/C=C/c1ccc(CC(C)CCCCC)c(F)c1.CC. The van der Waals surface area contributed by atoms with Gasteiger partial charge in [0.25, 0.3) is 0 Å². The molecule has 0 saturated heterocycles. The fourth-order valence-electron chi connectivity index (χ4n) is 2.25. The summed E-state index contributed by atoms with van der Waals surface area (Å²) in [6.07, 6.45) is 9.71. The van der Waals surface area contributed by atoms with Crippen molar-refractivity contribution in [1.82, 2.24) is 0 Å². The number of hydrogen-bond acceptors (Lipinski definition) is 0. The summed E-state index contributed by atoms with van der Waals surface area (Å²) in [6.45, 7) is 10.4. The first kappa shape index (κ1) is 18.9. The zero-order valence-corrected chi connectivity index (χ0v) is 13.9. The molecule has 20 heavy (non-hydrogen) atoms. The van der Waals surface area contributed by atoms with Crippen LogP contribution in [-0.2, 0) is 6.42 Å². The van der Waals surface area contributed by atoms with Crippen LogP contribution in [0.15, 0.2) is 24.3 Å². The molecule has 0 heterocycles. The molecule has 0 radical (unpaired) electrons. The van der Waals surface area contributed by atoms with Crippen LogP contribution in [0, 0.1) is 11.7 Å². The molecule has 1 atom stereocenters. The molecule has 1 heteroatoms. The van der Waals surface area contributed by atoms with Gasteiger partial charge in [0, 0.05) is 0 Å². The van der Waals surface area contributed by atoms with Gasteiger partial charge in [-0.1, -0.05) is 77.7 Å². The smallest absolute Gasteiger partial charge is 0.127 e. The average molecular weight is 278 g/mol. The Morgan fingerprint density at radius 1 is 1.20 bits per heavy atom. The van der Waals surface area contributed by atoms with Crippen molar-refractivity contribution in [2.75, 3.05) is 0 Å². The van der Waals surface area contributed by atoms with Gasteiger partial charge in [-0.2, -0.15) is 0 Å². The number of benzene rings is 1. The first-order chi connectivity index (χ1) is 9.67. The summed E-state index contributed by atoms with van der Waals surface area (Å²) in [4.78, 5) is 0. The van der Waals surface area contributed by atoms with Gasteiger partial charge in [-0.15, -0.1) is 0 Å². The van der Waals surface area contributed by atoms with Gasteiger partial charge >= 0.3 is 0 Å². The molecule has 1 unspecified atom stereocenters. The van der Waals surface area contributed by atoms with E-state index in [1.54, 1.807) is 6.07 Å². The highest BCUT2D eigenvalue weighted by Crippen LogP contribution is 2.19. The second kappa shape index (κ2) is 11.7. The lowest BCUT2D eigenvalue weighted by molar-refractivity contribution is 0.481. The average Bonchev–Trinajstić information content (AvgIpc) is 2.45. The normalized spacial score (nSPS) is 12.1. The van der Waals surface area contributed by atoms with E-state index in [0.29, 0.717) is 5.92 Å². The van der Waals surface area contributed by atoms with E-state index in [1.165, 1.54) is 25.7 Å². The monoisotopic (exact) mass is 278 g/mol. The first-order valence-electron chi connectivity index (χ1n) is 8.08. The minimum absolute atomic E-state index is 0.0621. The highest BCUT2D eigenvalue weighted by Gasteiger charge is 2.08. The van der Waals surface area contributed by atoms with E-state index in [9.17, 15) is 4.39 Å². The first-order valence-corrected chi connectivity index (χ1v) is 8.08. The Hall–Kier alpha value is -1.11. The number of unbranched alkanes of at least 4 members (excludes halogenated alkanes) is 2. The van der Waals surface area contributed by atoms with Crippen LogP contribution < -0.4 is 0 Å². The van der Waals surface area contributed by atoms with Crippen molar-refractivity contribution in [3.05, 3.63) is 41.2 Å². The molecule has 0 aliphatic heterocycles. The van der Waals surface area contributed by atoms with Crippen LogP contribution in [0.5, 0.6) is 0 Å². The van der Waals surface area contributed by atoms with Crippen LogP contribution >= 0.6 is 0 Å². The number of hydrogen-bond donors (Lipinski definition) is 0. The van der Waals surface area contributed by atoms with Gasteiger partial charge in [-0.3, -0.25) is 0 Å². The van der Waals surface area contributed by atoms with Crippen LogP contribution in [0.25, 0.3) is 6.08 Å². The molecule has 0 amide bonds. The topological polar surface area (TPSA) is 0 Å². The summed E-state index contributed by atoms with van der Waals surface area (Å²) in [5.41, 5.74) is 1.80. The maximum Gasteiger partial charge on any atom is 0.127 e. The lowest BCUT2D eigenvalue weighted by atomic mass is 9.94. The molecular weight excluding hydrogens is 247 g/mol. The van der Waals surface area contributed by atoms with Crippen LogP contribution in [0.2, 0.25) is 0 Å². The van der Waals surface area contributed by atoms with Gasteiger partial charge in [0.2, 0.25) is 0 Å². The van der Waals surface area contributed by atoms with Crippen molar-refractivity contribution >= 4 is 6.08 Å². The fourth-order valence-corrected chi connectivity index (χ4v) is 2.25. The minimum atomic E-state index is -0.0621. The molecule has 0 aromatic heterocycles. The Labute approximate surface area is 125 Å². The predicted octanol–water partition coefficient (Wildman–Crippen LogP) is 6.64. The van der Waals surface area contributed by atoms with Gasteiger partial charge in [-0.25, -0.2) is 4.39 Å². The van der Waals surface area contributed by atoms with E-state index in [0.717, 1.165) is 17.5 Å². The summed E-state index contributed by atoms with van der Waals surface area (Å²) in [7, 11) is 0. The maximum atomic E-state index is 13.9. The lowest BCUT2D eigenvalue weighted by Gasteiger charge is -2.12. The quantitative estimate of drug-likeness (QED) is 0.490. The van der Waals surface area contributed by atoms with Crippen LogP contribution in [-0.4, -0.2) is 0 Å². The molecule has 0 spiro atoms. The number of rotatable bonds is 7. The van der Waals surface area contributed by atoms with E-state index in [1.807, 2.05) is 45.1 Å². The predicted molar refractivity (Wildman–Crippen MR) is 89.5 cm³/mol. The molecule has 0 bridgehead atoms. The maximum absolute atomic E-state index is 13.9. The second-order valence-corrected chi connectivity index (χ2v) is 5.16. The van der Waals surface area contributed by atoms with Gasteiger partial charge in [0.05, 0.1) is 0 Å². The number of allylic oxidation sites excluding steroid dienone is 1. The van der Waals surface area contributed by atoms with E-state index < -0.39 is 0 Å². The standard InChI is InChI=1S/C17H25F.C2H6/c1-4-6-7-9-14(3)12-16-11-10-15(8-5-2)13-17(16)18;1-2/h5,8,10-11,13-14H,4,6-7,9,12H2,1-3H3;1-2H3/b8-5+;. The molecule has 0 aliphatic rings. The third-order valence-electron chi connectivity index (χ3n) is 3.31. The largest absolute Gasteiger partial charge is 0.207 e. The van der Waals surface area contributed by atoms with Crippen molar-refractivity contribution < 1.29 is 4.39 Å². The van der Waals surface area contributed by atoms with Gasteiger partial charge < -0.3 is 0 Å². The Kier molecular flexibility index (Phi) is 11.0. The van der Waals surface area contributed by atoms with Crippen LogP contribution in [0.1, 0.15) is 71.4 Å². The van der Waals surface area contributed by atoms with Crippen molar-refractivity contribution in [2.24, 2.45) is 5.92 Å². The van der Waals surface area contributed by atoms with Gasteiger partial charge in [0.1, 0.15) is 5.82 Å². The van der Waals surface area contributed by atoms with E-state index in [4.69, 9.17) is 0 Å². The van der Waals surface area contributed by atoms with Crippen molar-refractivity contribution in [2.45, 2.75) is 66.7 Å². The van der Waals surface area contributed by atoms with E-state index in [-0.39, 0.29) is 5.82 Å². The molecule has 1 aromatic rings. The summed E-state index contributed by atoms with van der Waals surface area (Å²) in [5, 5.41) is 0. The van der Waals surface area contributed by atoms with Crippen molar-refractivity contribution in [3.63, 3.8) is 0 Å². The summed E-state index contributed by atoms with van der Waals surface area (Å²) in [5.74, 6) is 0.506. The minimum Gasteiger partial charge on any atom is -0.207 e. The zero-order valence-electron chi connectivity index (χ0n) is 13.9. The Bertz CT molecular complexity index is 379. The molecule has 1 rings (SSSR count).